The van der Waals surface area contributed by atoms with Gasteiger partial charge in [-0.25, -0.2) is 0 Å². The predicted octanol–water partition coefficient (Wildman–Crippen LogP) is 0.967. The van der Waals surface area contributed by atoms with Crippen molar-refractivity contribution < 1.29 is 18.3 Å². The van der Waals surface area contributed by atoms with Crippen molar-refractivity contribution in [2.75, 3.05) is 18.5 Å². The van der Waals surface area contributed by atoms with Gasteiger partial charge in [0.2, 0.25) is 0 Å². The number of aromatic nitrogens is 2. The molecule has 0 amide bonds. The highest BCUT2D eigenvalue weighted by Gasteiger charge is 2.29. The van der Waals surface area contributed by atoms with E-state index in [2.05, 4.69) is 10.2 Å². The van der Waals surface area contributed by atoms with E-state index in [9.17, 15) is 13.2 Å². The highest BCUT2D eigenvalue weighted by molar-refractivity contribution is 5.36. The third kappa shape index (κ3) is 3.70. The molecule has 0 fully saturated rings. The molecule has 0 aliphatic heterocycles. The molecule has 0 saturated carbocycles. The van der Waals surface area contributed by atoms with E-state index in [0.717, 1.165) is 4.90 Å². The molecule has 0 aliphatic rings. The van der Waals surface area contributed by atoms with E-state index in [1.54, 1.807) is 0 Å². The molecule has 0 aliphatic carbocycles. The molecule has 0 atom stereocenters. The maximum atomic E-state index is 12.0. The number of rotatable bonds is 3. The molecule has 1 rings (SSSR count). The van der Waals surface area contributed by atoms with Crippen molar-refractivity contribution in [1.82, 2.24) is 10.2 Å². The molecule has 84 valence electrons. The lowest BCUT2D eigenvalue weighted by atomic mass is 10.4. The standard InChI is InChI=1S/C8H10F3N3O/c1-14(5-8(9,10)11)7-3-2-6(4-15)12-13-7/h2-3,15H,4-5H2,1H3. The van der Waals surface area contributed by atoms with Crippen molar-refractivity contribution in [1.29, 1.82) is 0 Å². The van der Waals surface area contributed by atoms with Crippen LogP contribution in [0.15, 0.2) is 12.1 Å². The second-order valence-electron chi connectivity index (χ2n) is 3.01. The molecule has 7 heteroatoms. The van der Waals surface area contributed by atoms with Gasteiger partial charge in [0.05, 0.1) is 12.3 Å². The molecule has 0 radical (unpaired) electrons. The molecular formula is C8H10F3N3O. The Balaban J connectivity index is 2.70. The van der Waals surface area contributed by atoms with Gasteiger partial charge in [-0.15, -0.1) is 5.10 Å². The second-order valence-corrected chi connectivity index (χ2v) is 3.01. The van der Waals surface area contributed by atoms with E-state index in [-0.39, 0.29) is 12.4 Å². The predicted molar refractivity (Wildman–Crippen MR) is 47.3 cm³/mol. The van der Waals surface area contributed by atoms with E-state index in [4.69, 9.17) is 5.11 Å². The number of hydrogen-bond donors (Lipinski definition) is 1. The van der Waals surface area contributed by atoms with Gasteiger partial charge in [-0.3, -0.25) is 0 Å². The molecular weight excluding hydrogens is 211 g/mol. The number of aliphatic hydroxyl groups is 1. The van der Waals surface area contributed by atoms with Crippen LogP contribution in [0.5, 0.6) is 0 Å². The van der Waals surface area contributed by atoms with Crippen LogP contribution in [0.3, 0.4) is 0 Å². The second kappa shape index (κ2) is 4.43. The van der Waals surface area contributed by atoms with Crippen molar-refractivity contribution in [3.05, 3.63) is 17.8 Å². The smallest absolute Gasteiger partial charge is 0.390 e. The van der Waals surface area contributed by atoms with Crippen LogP contribution < -0.4 is 4.90 Å². The first kappa shape index (κ1) is 11.7. The van der Waals surface area contributed by atoms with Crippen molar-refractivity contribution in [3.8, 4) is 0 Å². The molecule has 0 saturated heterocycles. The Hall–Kier alpha value is -1.37. The summed E-state index contributed by atoms with van der Waals surface area (Å²) >= 11 is 0. The minimum Gasteiger partial charge on any atom is -0.390 e. The SMILES string of the molecule is CN(CC(F)(F)F)c1ccc(CO)nn1. The fourth-order valence-electron chi connectivity index (χ4n) is 0.991. The number of nitrogens with zero attached hydrogens (tertiary/aromatic N) is 3. The number of hydrogen-bond acceptors (Lipinski definition) is 4. The summed E-state index contributed by atoms with van der Waals surface area (Å²) in [6.45, 7) is -1.36. The first-order valence-electron chi connectivity index (χ1n) is 4.14. The topological polar surface area (TPSA) is 49.2 Å². The number of aliphatic hydroxyl groups excluding tert-OH is 1. The molecule has 1 aromatic rings. The quantitative estimate of drug-likeness (QED) is 0.826. The average molecular weight is 221 g/mol. The third-order valence-corrected chi connectivity index (χ3v) is 1.68. The van der Waals surface area contributed by atoms with Gasteiger partial charge < -0.3 is 10.0 Å². The van der Waals surface area contributed by atoms with Crippen LogP contribution in [-0.4, -0.2) is 35.1 Å². The van der Waals surface area contributed by atoms with Crippen molar-refractivity contribution in [2.24, 2.45) is 0 Å². The Morgan fingerprint density at radius 2 is 2.00 bits per heavy atom. The van der Waals surface area contributed by atoms with Crippen molar-refractivity contribution in [2.45, 2.75) is 12.8 Å². The lowest BCUT2D eigenvalue weighted by Crippen LogP contribution is -2.31. The van der Waals surface area contributed by atoms with Gasteiger partial charge in [0.1, 0.15) is 6.54 Å². The van der Waals surface area contributed by atoms with Gasteiger partial charge in [0.25, 0.3) is 0 Å². The van der Waals surface area contributed by atoms with Crippen LogP contribution in [0.2, 0.25) is 0 Å². The summed E-state index contributed by atoms with van der Waals surface area (Å²) < 4.78 is 36.0. The van der Waals surface area contributed by atoms with Gasteiger partial charge in [-0.2, -0.15) is 18.3 Å². The van der Waals surface area contributed by atoms with Crippen LogP contribution in [0.25, 0.3) is 0 Å². The summed E-state index contributed by atoms with van der Waals surface area (Å²) in [6, 6.07) is 2.81. The summed E-state index contributed by atoms with van der Waals surface area (Å²) in [5, 5.41) is 15.7. The summed E-state index contributed by atoms with van der Waals surface area (Å²) in [6.07, 6.45) is -4.27. The maximum Gasteiger partial charge on any atom is 0.405 e. The third-order valence-electron chi connectivity index (χ3n) is 1.68. The zero-order valence-electron chi connectivity index (χ0n) is 7.99. The van der Waals surface area contributed by atoms with E-state index in [1.807, 2.05) is 0 Å². The fourth-order valence-corrected chi connectivity index (χ4v) is 0.991. The largest absolute Gasteiger partial charge is 0.405 e. The van der Waals surface area contributed by atoms with Crippen molar-refractivity contribution >= 4 is 5.82 Å². The molecule has 0 spiro atoms. The number of alkyl halides is 3. The highest BCUT2D eigenvalue weighted by Crippen LogP contribution is 2.18. The minimum atomic E-state index is -4.27. The Morgan fingerprint density at radius 1 is 1.33 bits per heavy atom. The average Bonchev–Trinajstić information content (AvgIpc) is 2.15. The van der Waals surface area contributed by atoms with Crippen LogP contribution in [0.1, 0.15) is 5.69 Å². The van der Waals surface area contributed by atoms with Gasteiger partial charge in [0.15, 0.2) is 5.82 Å². The Bertz CT molecular complexity index is 312. The summed E-state index contributed by atoms with van der Waals surface area (Å²) in [7, 11) is 1.27. The summed E-state index contributed by atoms with van der Waals surface area (Å²) in [4.78, 5) is 0.939. The van der Waals surface area contributed by atoms with Crippen molar-refractivity contribution in [3.63, 3.8) is 0 Å². The van der Waals surface area contributed by atoms with Crippen LogP contribution >= 0.6 is 0 Å². The summed E-state index contributed by atoms with van der Waals surface area (Å²) in [5.74, 6) is 0.115. The Kier molecular flexibility index (Phi) is 3.46. The molecule has 15 heavy (non-hydrogen) atoms. The molecule has 0 unspecified atom stereocenters. The van der Waals surface area contributed by atoms with Gasteiger partial charge in [-0.05, 0) is 12.1 Å². The fraction of sp³-hybridized carbons (Fsp3) is 0.500. The number of halogens is 3. The van der Waals surface area contributed by atoms with Crippen LogP contribution in [0.4, 0.5) is 19.0 Å². The van der Waals surface area contributed by atoms with Gasteiger partial charge in [0, 0.05) is 7.05 Å². The lowest BCUT2D eigenvalue weighted by Gasteiger charge is -2.18. The first-order valence-corrected chi connectivity index (χ1v) is 4.14. The lowest BCUT2D eigenvalue weighted by molar-refractivity contribution is -0.119. The normalized spacial score (nSPS) is 11.5. The zero-order chi connectivity index (χ0) is 11.5. The van der Waals surface area contributed by atoms with Gasteiger partial charge in [-0.1, -0.05) is 0 Å². The molecule has 0 aromatic carbocycles. The van der Waals surface area contributed by atoms with Crippen LogP contribution in [0, 0.1) is 0 Å². The summed E-state index contributed by atoms with van der Waals surface area (Å²) in [5.41, 5.74) is 0.319. The van der Waals surface area contributed by atoms with E-state index >= 15 is 0 Å². The highest BCUT2D eigenvalue weighted by atomic mass is 19.4. The zero-order valence-corrected chi connectivity index (χ0v) is 7.99. The molecule has 1 aromatic heterocycles. The van der Waals surface area contributed by atoms with E-state index < -0.39 is 12.7 Å². The Labute approximate surface area is 84.3 Å². The maximum absolute atomic E-state index is 12.0. The monoisotopic (exact) mass is 221 g/mol. The molecule has 4 nitrogen and oxygen atoms in total. The van der Waals surface area contributed by atoms with E-state index in [0.29, 0.717) is 5.69 Å². The molecule has 1 N–H and O–H groups in total. The van der Waals surface area contributed by atoms with Gasteiger partial charge >= 0.3 is 6.18 Å². The minimum absolute atomic E-state index is 0.115. The van der Waals surface area contributed by atoms with Crippen LogP contribution in [-0.2, 0) is 6.61 Å². The Morgan fingerprint density at radius 3 is 2.40 bits per heavy atom. The number of anilines is 1. The molecule has 0 bridgehead atoms. The van der Waals surface area contributed by atoms with E-state index in [1.165, 1.54) is 19.2 Å². The molecule has 1 heterocycles. The first-order chi connectivity index (χ1) is 6.92.